The van der Waals surface area contributed by atoms with Crippen LogP contribution in [0.3, 0.4) is 0 Å². The van der Waals surface area contributed by atoms with E-state index in [4.69, 9.17) is 18.9 Å². The van der Waals surface area contributed by atoms with E-state index in [1.807, 2.05) is 52.1 Å². The minimum Gasteiger partial charge on any atom is -0.367 e. The first-order valence-electron chi connectivity index (χ1n) is 9.91. The molecular formula is C22H29NO5. The Kier molecular flexibility index (Phi) is 5.08. The van der Waals surface area contributed by atoms with E-state index in [0.717, 1.165) is 0 Å². The van der Waals surface area contributed by atoms with Crippen molar-refractivity contribution in [3.05, 3.63) is 48.2 Å². The smallest absolute Gasteiger partial charge is 0.164 e. The zero-order valence-electron chi connectivity index (χ0n) is 17.0. The number of allylic oxidation sites excluding steroid dienone is 1. The maximum atomic E-state index is 12.3. The Bertz CT molecular complexity index is 745. The molecule has 1 aromatic carbocycles. The van der Waals surface area contributed by atoms with E-state index >= 15 is 0 Å². The molecule has 3 heterocycles. The number of rotatable bonds is 4. The standard InChI is InChI=1S/C22H29NO5/c1-21(2)25-14-18(26-21)20-19(27-22(3,4)28-20)17-12-16(24)10-11-23(17)13-15-8-6-5-7-9-15/h5-11,17-20H,12-14H2,1-4H3/t17-,18+,19-,20+/m0/s1. The van der Waals surface area contributed by atoms with E-state index in [-0.39, 0.29) is 30.1 Å². The van der Waals surface area contributed by atoms with Crippen molar-refractivity contribution in [2.45, 2.75) is 76.6 Å². The normalized spacial score (nSPS) is 34.1. The van der Waals surface area contributed by atoms with Gasteiger partial charge in [0.15, 0.2) is 17.4 Å². The van der Waals surface area contributed by atoms with Crippen LogP contribution in [0.15, 0.2) is 42.6 Å². The number of carbonyl (C=O) groups is 1. The van der Waals surface area contributed by atoms with Gasteiger partial charge in [-0.25, -0.2) is 0 Å². The molecule has 3 aliphatic rings. The summed E-state index contributed by atoms with van der Waals surface area (Å²) in [7, 11) is 0. The van der Waals surface area contributed by atoms with Crippen molar-refractivity contribution in [1.82, 2.24) is 4.90 Å². The second-order valence-electron chi connectivity index (χ2n) is 8.64. The summed E-state index contributed by atoms with van der Waals surface area (Å²) >= 11 is 0. The molecule has 1 aromatic rings. The highest BCUT2D eigenvalue weighted by Crippen LogP contribution is 2.39. The average Bonchev–Trinajstić information content (AvgIpc) is 3.16. The first kappa shape index (κ1) is 19.6. The molecule has 152 valence electrons. The first-order chi connectivity index (χ1) is 13.2. The molecule has 0 radical (unpaired) electrons. The van der Waals surface area contributed by atoms with Crippen LogP contribution in [0.4, 0.5) is 0 Å². The zero-order chi connectivity index (χ0) is 19.9. The van der Waals surface area contributed by atoms with E-state index in [1.54, 1.807) is 6.08 Å². The van der Waals surface area contributed by atoms with Crippen molar-refractivity contribution in [1.29, 1.82) is 0 Å². The van der Waals surface area contributed by atoms with Crippen LogP contribution in [0.1, 0.15) is 39.7 Å². The molecule has 0 amide bonds. The number of ether oxygens (including phenoxy) is 4. The number of ketones is 1. The SMILES string of the molecule is CC1(C)O[C@@H]([C@@H]2CC(=O)C=CN2Cc2ccccc2)[C@@H]([C@H]2COC(C)(C)O2)O1. The maximum Gasteiger partial charge on any atom is 0.164 e. The average molecular weight is 387 g/mol. The predicted molar refractivity (Wildman–Crippen MR) is 103 cm³/mol. The van der Waals surface area contributed by atoms with E-state index in [9.17, 15) is 4.79 Å². The summed E-state index contributed by atoms with van der Waals surface area (Å²) in [6.07, 6.45) is 3.08. The lowest BCUT2D eigenvalue weighted by Crippen LogP contribution is -2.51. The molecule has 0 bridgehead atoms. The fourth-order valence-corrected chi connectivity index (χ4v) is 4.23. The highest BCUT2D eigenvalue weighted by molar-refractivity contribution is 5.90. The molecule has 4 rings (SSSR count). The van der Waals surface area contributed by atoms with Crippen molar-refractivity contribution in [3.63, 3.8) is 0 Å². The Morgan fingerprint density at radius 2 is 1.71 bits per heavy atom. The first-order valence-corrected chi connectivity index (χ1v) is 9.91. The third-order valence-corrected chi connectivity index (χ3v) is 5.44. The Labute approximate surface area is 166 Å². The van der Waals surface area contributed by atoms with Gasteiger partial charge in [-0.3, -0.25) is 4.79 Å². The molecule has 0 spiro atoms. The van der Waals surface area contributed by atoms with Gasteiger partial charge in [0.2, 0.25) is 0 Å². The molecule has 2 saturated heterocycles. The van der Waals surface area contributed by atoms with Crippen LogP contribution in [-0.4, -0.2) is 53.2 Å². The molecule has 0 aliphatic carbocycles. The van der Waals surface area contributed by atoms with E-state index in [2.05, 4.69) is 17.0 Å². The number of hydrogen-bond donors (Lipinski definition) is 0. The molecule has 6 heteroatoms. The fraction of sp³-hybridized carbons (Fsp3) is 0.591. The van der Waals surface area contributed by atoms with Crippen molar-refractivity contribution >= 4 is 5.78 Å². The number of hydrogen-bond acceptors (Lipinski definition) is 6. The Morgan fingerprint density at radius 3 is 2.39 bits per heavy atom. The third kappa shape index (κ3) is 4.15. The van der Waals surface area contributed by atoms with E-state index in [0.29, 0.717) is 19.6 Å². The van der Waals surface area contributed by atoms with Crippen LogP contribution in [-0.2, 0) is 30.3 Å². The molecule has 28 heavy (non-hydrogen) atoms. The molecule has 4 atom stereocenters. The molecular weight excluding hydrogens is 358 g/mol. The minimum atomic E-state index is -0.742. The molecule has 2 fully saturated rings. The number of benzene rings is 1. The van der Waals surface area contributed by atoms with Crippen LogP contribution in [0.25, 0.3) is 0 Å². The van der Waals surface area contributed by atoms with E-state index in [1.165, 1.54) is 5.56 Å². The summed E-state index contributed by atoms with van der Waals surface area (Å²) < 4.78 is 24.4. The Balaban J connectivity index is 1.59. The summed E-state index contributed by atoms with van der Waals surface area (Å²) in [5.41, 5.74) is 1.18. The summed E-state index contributed by atoms with van der Waals surface area (Å²) in [5, 5.41) is 0. The molecule has 0 aromatic heterocycles. The molecule has 0 unspecified atom stereocenters. The largest absolute Gasteiger partial charge is 0.367 e. The second kappa shape index (κ2) is 7.26. The molecule has 0 N–H and O–H groups in total. The Morgan fingerprint density at radius 1 is 1.00 bits per heavy atom. The Hall–Kier alpha value is -1.73. The van der Waals surface area contributed by atoms with Gasteiger partial charge < -0.3 is 23.8 Å². The summed E-state index contributed by atoms with van der Waals surface area (Å²) in [5.74, 6) is -1.28. The van der Waals surface area contributed by atoms with Crippen molar-refractivity contribution in [2.75, 3.05) is 6.61 Å². The zero-order valence-corrected chi connectivity index (χ0v) is 17.0. The van der Waals surface area contributed by atoms with Crippen LogP contribution < -0.4 is 0 Å². The van der Waals surface area contributed by atoms with Crippen LogP contribution in [0.5, 0.6) is 0 Å². The van der Waals surface area contributed by atoms with E-state index < -0.39 is 11.6 Å². The van der Waals surface area contributed by atoms with Gasteiger partial charge in [-0.2, -0.15) is 0 Å². The summed E-state index contributed by atoms with van der Waals surface area (Å²) in [6.45, 7) is 8.76. The lowest BCUT2D eigenvalue weighted by atomic mass is 9.93. The maximum absolute atomic E-state index is 12.3. The predicted octanol–water partition coefficient (Wildman–Crippen LogP) is 3.02. The molecule has 3 aliphatic heterocycles. The van der Waals surface area contributed by atoms with Gasteiger partial charge in [0.1, 0.15) is 18.3 Å². The lowest BCUT2D eigenvalue weighted by molar-refractivity contribution is -0.175. The quantitative estimate of drug-likeness (QED) is 0.792. The fourth-order valence-electron chi connectivity index (χ4n) is 4.23. The van der Waals surface area contributed by atoms with Crippen LogP contribution in [0.2, 0.25) is 0 Å². The number of carbonyl (C=O) groups excluding carboxylic acids is 1. The topological polar surface area (TPSA) is 57.2 Å². The minimum absolute atomic E-state index is 0.102. The summed E-state index contributed by atoms with van der Waals surface area (Å²) in [4.78, 5) is 14.4. The van der Waals surface area contributed by atoms with Crippen LogP contribution >= 0.6 is 0 Å². The van der Waals surface area contributed by atoms with Gasteiger partial charge in [0.25, 0.3) is 0 Å². The van der Waals surface area contributed by atoms with Crippen LogP contribution in [0, 0.1) is 0 Å². The second-order valence-corrected chi connectivity index (χ2v) is 8.64. The summed E-state index contributed by atoms with van der Waals surface area (Å²) in [6, 6.07) is 10.1. The monoisotopic (exact) mass is 387 g/mol. The highest BCUT2D eigenvalue weighted by atomic mass is 16.8. The van der Waals surface area contributed by atoms with Crippen molar-refractivity contribution in [3.8, 4) is 0 Å². The number of nitrogens with zero attached hydrogens (tertiary/aromatic N) is 1. The molecule has 6 nitrogen and oxygen atoms in total. The third-order valence-electron chi connectivity index (χ3n) is 5.44. The van der Waals surface area contributed by atoms with Gasteiger partial charge in [-0.05, 0) is 39.3 Å². The molecule has 0 saturated carbocycles. The van der Waals surface area contributed by atoms with Gasteiger partial charge in [0.05, 0.1) is 12.6 Å². The van der Waals surface area contributed by atoms with Gasteiger partial charge >= 0.3 is 0 Å². The van der Waals surface area contributed by atoms with Gasteiger partial charge in [-0.1, -0.05) is 30.3 Å². The lowest BCUT2D eigenvalue weighted by Gasteiger charge is -2.38. The van der Waals surface area contributed by atoms with Gasteiger partial charge in [-0.15, -0.1) is 0 Å². The highest BCUT2D eigenvalue weighted by Gasteiger charge is 2.53. The van der Waals surface area contributed by atoms with Gasteiger partial charge in [0, 0.05) is 19.2 Å². The van der Waals surface area contributed by atoms with Crippen molar-refractivity contribution in [2.24, 2.45) is 0 Å². The van der Waals surface area contributed by atoms with Crippen molar-refractivity contribution < 1.29 is 23.7 Å².